The summed E-state index contributed by atoms with van der Waals surface area (Å²) in [5, 5.41) is 7.58. The maximum atomic E-state index is 4.17. The fourth-order valence-electron chi connectivity index (χ4n) is 1.41. The van der Waals surface area contributed by atoms with Crippen molar-refractivity contribution in [1.82, 2.24) is 10.6 Å². The van der Waals surface area contributed by atoms with Crippen molar-refractivity contribution >= 4 is 0 Å². The lowest BCUT2D eigenvalue weighted by molar-refractivity contribution is 0.588. The first kappa shape index (κ1) is 5.98. The lowest BCUT2D eigenvalue weighted by atomic mass is 10.0. The molecule has 0 bridgehead atoms. The molecule has 0 aromatic rings. The lowest BCUT2D eigenvalue weighted by Crippen LogP contribution is -2.37. The van der Waals surface area contributed by atoms with Gasteiger partial charge in [-0.05, 0) is 24.6 Å². The predicted molar refractivity (Wildman–Crippen MR) is 40.6 cm³/mol. The van der Waals surface area contributed by atoms with Gasteiger partial charge in [0.1, 0.15) is 0 Å². The SMILES string of the molecule is C1=CC2NCCC=C2C[N]1. The quantitative estimate of drug-likeness (QED) is 0.478. The highest BCUT2D eigenvalue weighted by molar-refractivity contribution is 5.25. The molecule has 2 heteroatoms. The molecule has 2 heterocycles. The van der Waals surface area contributed by atoms with E-state index in [1.54, 1.807) is 0 Å². The standard InChI is InChI=1S/C8H11N2/c1-2-7-6-9-5-3-8(7)10-4-1/h2-3,5,8,10H,1,4,6H2. The molecule has 0 spiro atoms. The molecule has 0 aromatic carbocycles. The van der Waals surface area contributed by atoms with Gasteiger partial charge in [0.15, 0.2) is 0 Å². The monoisotopic (exact) mass is 135 g/mol. The van der Waals surface area contributed by atoms with Crippen molar-refractivity contribution in [3.8, 4) is 0 Å². The zero-order valence-electron chi connectivity index (χ0n) is 5.88. The van der Waals surface area contributed by atoms with Crippen LogP contribution in [0.5, 0.6) is 0 Å². The van der Waals surface area contributed by atoms with E-state index in [0.717, 1.165) is 19.5 Å². The molecule has 1 N–H and O–H groups in total. The topological polar surface area (TPSA) is 26.1 Å². The van der Waals surface area contributed by atoms with E-state index in [1.807, 2.05) is 6.20 Å². The summed E-state index contributed by atoms with van der Waals surface area (Å²) in [5.41, 5.74) is 1.44. The highest BCUT2D eigenvalue weighted by Gasteiger charge is 2.16. The Hall–Kier alpha value is -0.760. The molecule has 0 aromatic heterocycles. The van der Waals surface area contributed by atoms with Crippen LogP contribution in [-0.2, 0) is 0 Å². The van der Waals surface area contributed by atoms with Gasteiger partial charge in [0, 0.05) is 6.20 Å². The van der Waals surface area contributed by atoms with Crippen molar-refractivity contribution in [3.63, 3.8) is 0 Å². The summed E-state index contributed by atoms with van der Waals surface area (Å²) in [6, 6.07) is 0.492. The maximum Gasteiger partial charge on any atom is 0.0617 e. The van der Waals surface area contributed by atoms with Crippen LogP contribution in [0.25, 0.3) is 0 Å². The molecule has 1 unspecified atom stereocenters. The van der Waals surface area contributed by atoms with Crippen LogP contribution in [0.15, 0.2) is 23.9 Å². The fraction of sp³-hybridized carbons (Fsp3) is 0.500. The van der Waals surface area contributed by atoms with Crippen molar-refractivity contribution in [2.45, 2.75) is 12.5 Å². The molecule has 0 saturated heterocycles. The smallest absolute Gasteiger partial charge is 0.0617 e. The molecule has 0 aliphatic carbocycles. The second kappa shape index (κ2) is 2.46. The largest absolute Gasteiger partial charge is 0.307 e. The van der Waals surface area contributed by atoms with E-state index >= 15 is 0 Å². The average molecular weight is 135 g/mol. The zero-order valence-corrected chi connectivity index (χ0v) is 5.88. The van der Waals surface area contributed by atoms with Crippen molar-refractivity contribution < 1.29 is 0 Å². The molecule has 2 aliphatic heterocycles. The van der Waals surface area contributed by atoms with E-state index in [1.165, 1.54) is 5.57 Å². The van der Waals surface area contributed by atoms with Crippen LogP contribution in [0.2, 0.25) is 0 Å². The van der Waals surface area contributed by atoms with Crippen LogP contribution in [0, 0.1) is 0 Å². The Morgan fingerprint density at radius 3 is 3.50 bits per heavy atom. The van der Waals surface area contributed by atoms with E-state index in [2.05, 4.69) is 22.8 Å². The predicted octanol–water partition coefficient (Wildman–Crippen LogP) is 0.406. The average Bonchev–Trinajstić information content (AvgIpc) is 2.05. The minimum atomic E-state index is 0.492. The summed E-state index contributed by atoms with van der Waals surface area (Å²) < 4.78 is 0. The van der Waals surface area contributed by atoms with Crippen LogP contribution in [0.3, 0.4) is 0 Å². The number of rotatable bonds is 0. The summed E-state index contributed by atoms with van der Waals surface area (Å²) in [4.78, 5) is 0. The van der Waals surface area contributed by atoms with E-state index in [-0.39, 0.29) is 0 Å². The molecule has 0 fully saturated rings. The number of nitrogens with zero attached hydrogens (tertiary/aromatic N) is 1. The van der Waals surface area contributed by atoms with Crippen LogP contribution < -0.4 is 10.6 Å². The Bertz CT molecular complexity index is 182. The van der Waals surface area contributed by atoms with Gasteiger partial charge in [-0.3, -0.25) is 5.32 Å². The fourth-order valence-corrected chi connectivity index (χ4v) is 1.41. The van der Waals surface area contributed by atoms with E-state index in [9.17, 15) is 0 Å². The van der Waals surface area contributed by atoms with Gasteiger partial charge in [0.25, 0.3) is 0 Å². The molecular weight excluding hydrogens is 124 g/mol. The molecule has 1 atom stereocenters. The summed E-state index contributed by atoms with van der Waals surface area (Å²) in [5.74, 6) is 0. The first-order valence-electron chi connectivity index (χ1n) is 3.72. The van der Waals surface area contributed by atoms with Gasteiger partial charge in [0.05, 0.1) is 12.6 Å². The Balaban J connectivity index is 2.20. The van der Waals surface area contributed by atoms with Gasteiger partial charge in [-0.25, -0.2) is 0 Å². The van der Waals surface area contributed by atoms with Gasteiger partial charge in [-0.15, -0.1) is 0 Å². The zero-order chi connectivity index (χ0) is 6.81. The molecule has 0 saturated carbocycles. The second-order valence-electron chi connectivity index (χ2n) is 2.68. The second-order valence-corrected chi connectivity index (χ2v) is 2.68. The third-order valence-corrected chi connectivity index (χ3v) is 1.97. The van der Waals surface area contributed by atoms with E-state index < -0.39 is 0 Å². The molecule has 2 rings (SSSR count). The summed E-state index contributed by atoms with van der Waals surface area (Å²) in [6.45, 7) is 2.01. The summed E-state index contributed by atoms with van der Waals surface area (Å²) >= 11 is 0. The number of hydrogen-bond donors (Lipinski definition) is 1. The molecule has 53 valence electrons. The summed E-state index contributed by atoms with van der Waals surface area (Å²) in [7, 11) is 0. The summed E-state index contributed by atoms with van der Waals surface area (Å²) in [6.07, 6.45) is 7.48. The Morgan fingerprint density at radius 1 is 1.60 bits per heavy atom. The number of fused-ring (bicyclic) bond motifs is 1. The van der Waals surface area contributed by atoms with Crippen molar-refractivity contribution in [3.05, 3.63) is 23.9 Å². The highest BCUT2D eigenvalue weighted by atomic mass is 15.0. The van der Waals surface area contributed by atoms with Crippen molar-refractivity contribution in [1.29, 1.82) is 0 Å². The normalized spacial score (nSPS) is 30.4. The van der Waals surface area contributed by atoms with Crippen molar-refractivity contribution in [2.24, 2.45) is 0 Å². The maximum absolute atomic E-state index is 4.17. The van der Waals surface area contributed by atoms with Crippen LogP contribution in [-0.4, -0.2) is 19.1 Å². The van der Waals surface area contributed by atoms with Crippen molar-refractivity contribution in [2.75, 3.05) is 13.1 Å². The van der Waals surface area contributed by atoms with E-state index in [4.69, 9.17) is 0 Å². The molecule has 0 amide bonds. The van der Waals surface area contributed by atoms with Crippen LogP contribution in [0.1, 0.15) is 6.42 Å². The number of nitrogens with one attached hydrogen (secondary N) is 1. The Labute approximate surface area is 61.0 Å². The molecular formula is C8H11N2. The minimum absolute atomic E-state index is 0.492. The number of hydrogen-bond acceptors (Lipinski definition) is 1. The molecule has 10 heavy (non-hydrogen) atoms. The van der Waals surface area contributed by atoms with Gasteiger partial charge >= 0.3 is 0 Å². The Kier molecular flexibility index (Phi) is 1.47. The lowest BCUT2D eigenvalue weighted by Gasteiger charge is -2.25. The molecule has 1 radical (unpaired) electrons. The molecule has 2 nitrogen and oxygen atoms in total. The minimum Gasteiger partial charge on any atom is -0.307 e. The first-order chi connectivity index (χ1) is 4.97. The Morgan fingerprint density at radius 2 is 2.60 bits per heavy atom. The van der Waals surface area contributed by atoms with Gasteiger partial charge in [-0.1, -0.05) is 6.08 Å². The van der Waals surface area contributed by atoms with Gasteiger partial charge < -0.3 is 5.32 Å². The molecule has 2 aliphatic rings. The highest BCUT2D eigenvalue weighted by Crippen LogP contribution is 2.12. The van der Waals surface area contributed by atoms with Crippen LogP contribution >= 0.6 is 0 Å². The third kappa shape index (κ3) is 0.948. The first-order valence-corrected chi connectivity index (χ1v) is 3.72. The van der Waals surface area contributed by atoms with Crippen LogP contribution in [0.4, 0.5) is 0 Å². The third-order valence-electron chi connectivity index (χ3n) is 1.97. The van der Waals surface area contributed by atoms with Gasteiger partial charge in [0.2, 0.25) is 0 Å². The van der Waals surface area contributed by atoms with E-state index in [0.29, 0.717) is 6.04 Å². The van der Waals surface area contributed by atoms with Gasteiger partial charge in [-0.2, -0.15) is 0 Å².